The number of aromatic nitrogens is 2. The first kappa shape index (κ1) is 8.74. The van der Waals surface area contributed by atoms with E-state index in [9.17, 15) is 0 Å². The highest BCUT2D eigenvalue weighted by molar-refractivity contribution is 5.79. The third-order valence-electron chi connectivity index (χ3n) is 2.19. The average Bonchev–Trinajstić information content (AvgIpc) is 2.43. The summed E-state index contributed by atoms with van der Waals surface area (Å²) < 4.78 is 1.97. The second-order valence-corrected chi connectivity index (χ2v) is 3.27. The van der Waals surface area contributed by atoms with E-state index in [1.54, 1.807) is 0 Å². The van der Waals surface area contributed by atoms with Gasteiger partial charge in [0.05, 0.1) is 17.2 Å². The molecule has 4 nitrogen and oxygen atoms in total. The van der Waals surface area contributed by atoms with Crippen molar-refractivity contribution < 1.29 is 0 Å². The Morgan fingerprint density at radius 3 is 3.07 bits per heavy atom. The summed E-state index contributed by atoms with van der Waals surface area (Å²) in [5.41, 5.74) is 8.22. The zero-order chi connectivity index (χ0) is 10.1. The van der Waals surface area contributed by atoms with Crippen molar-refractivity contribution in [2.24, 2.45) is 5.73 Å². The number of hydrogen-bond acceptors (Lipinski definition) is 2. The maximum Gasteiger partial charge on any atom is 0.137 e. The van der Waals surface area contributed by atoms with Crippen molar-refractivity contribution in [1.82, 2.24) is 9.38 Å². The number of nitrogens with zero attached hydrogens (tertiary/aromatic N) is 2. The smallest absolute Gasteiger partial charge is 0.137 e. The number of rotatable bonds is 2. The topological polar surface area (TPSA) is 67.2 Å². The minimum absolute atomic E-state index is 0.166. The lowest BCUT2D eigenvalue weighted by atomic mass is 10.2. The Morgan fingerprint density at radius 1 is 1.57 bits per heavy atom. The van der Waals surface area contributed by atoms with Crippen LogP contribution in [0, 0.1) is 12.3 Å². The Bertz CT molecular complexity index is 484. The number of aryl methyl sites for hydroxylation is 1. The van der Waals surface area contributed by atoms with Crippen LogP contribution in [0.3, 0.4) is 0 Å². The lowest BCUT2D eigenvalue weighted by Crippen LogP contribution is -2.14. The van der Waals surface area contributed by atoms with Crippen LogP contribution < -0.4 is 5.73 Å². The molecule has 0 aromatic carbocycles. The van der Waals surface area contributed by atoms with E-state index in [1.165, 1.54) is 0 Å². The highest BCUT2D eigenvalue weighted by Crippen LogP contribution is 2.11. The first-order valence-corrected chi connectivity index (χ1v) is 4.44. The fourth-order valence-corrected chi connectivity index (χ4v) is 1.56. The summed E-state index contributed by atoms with van der Waals surface area (Å²) in [7, 11) is 0. The van der Waals surface area contributed by atoms with Crippen LogP contribution in [0.15, 0.2) is 24.4 Å². The minimum Gasteiger partial charge on any atom is -0.387 e. The zero-order valence-electron chi connectivity index (χ0n) is 7.99. The average molecular weight is 188 g/mol. The van der Waals surface area contributed by atoms with Crippen molar-refractivity contribution in [1.29, 1.82) is 5.41 Å². The van der Waals surface area contributed by atoms with Gasteiger partial charge in [0, 0.05) is 12.6 Å². The van der Waals surface area contributed by atoms with Crippen LogP contribution >= 0.6 is 0 Å². The van der Waals surface area contributed by atoms with Crippen LogP contribution in [0.4, 0.5) is 0 Å². The predicted molar refractivity (Wildman–Crippen MR) is 55.5 cm³/mol. The van der Waals surface area contributed by atoms with Gasteiger partial charge < -0.3 is 10.1 Å². The maximum absolute atomic E-state index is 7.28. The molecule has 2 heterocycles. The fourth-order valence-electron chi connectivity index (χ4n) is 1.56. The van der Waals surface area contributed by atoms with Gasteiger partial charge in [-0.25, -0.2) is 4.98 Å². The van der Waals surface area contributed by atoms with E-state index < -0.39 is 0 Å². The number of fused-ring (bicyclic) bond motifs is 1. The van der Waals surface area contributed by atoms with Crippen molar-refractivity contribution in [2.45, 2.75) is 13.3 Å². The van der Waals surface area contributed by atoms with E-state index in [0.717, 1.165) is 17.0 Å². The van der Waals surface area contributed by atoms with Gasteiger partial charge in [-0.15, -0.1) is 0 Å². The molecule has 0 saturated carbocycles. The number of amidine groups is 1. The monoisotopic (exact) mass is 188 g/mol. The molecule has 0 aliphatic rings. The maximum atomic E-state index is 7.28. The van der Waals surface area contributed by atoms with Crippen molar-refractivity contribution in [2.75, 3.05) is 0 Å². The molecule has 4 heteroatoms. The van der Waals surface area contributed by atoms with Crippen molar-refractivity contribution in [3.8, 4) is 0 Å². The molecule has 0 amide bonds. The Balaban J connectivity index is 2.62. The van der Waals surface area contributed by atoms with E-state index in [-0.39, 0.29) is 5.84 Å². The number of pyridine rings is 1. The molecule has 0 aliphatic heterocycles. The molecule has 0 unspecified atom stereocenters. The predicted octanol–water partition coefficient (Wildman–Crippen LogP) is 1.12. The lowest BCUT2D eigenvalue weighted by Gasteiger charge is -2.00. The number of imidazole rings is 1. The van der Waals surface area contributed by atoms with E-state index in [1.807, 2.05) is 35.7 Å². The molecular weight excluding hydrogens is 176 g/mol. The van der Waals surface area contributed by atoms with Crippen LogP contribution in [-0.4, -0.2) is 15.2 Å². The first-order valence-electron chi connectivity index (χ1n) is 4.44. The summed E-state index contributed by atoms with van der Waals surface area (Å²) in [4.78, 5) is 4.38. The number of nitrogens with one attached hydrogen (secondary N) is 1. The Morgan fingerprint density at radius 2 is 2.36 bits per heavy atom. The Labute approximate surface area is 81.9 Å². The summed E-state index contributed by atoms with van der Waals surface area (Å²) in [5, 5.41) is 7.28. The summed E-state index contributed by atoms with van der Waals surface area (Å²) in [6, 6.07) is 5.83. The van der Waals surface area contributed by atoms with Gasteiger partial charge in [0.15, 0.2) is 0 Å². The van der Waals surface area contributed by atoms with Crippen molar-refractivity contribution in [3.05, 3.63) is 35.8 Å². The van der Waals surface area contributed by atoms with E-state index in [0.29, 0.717) is 6.42 Å². The molecule has 72 valence electrons. The van der Waals surface area contributed by atoms with Gasteiger partial charge in [-0.1, -0.05) is 6.07 Å². The fraction of sp³-hybridized carbons (Fsp3) is 0.200. The van der Waals surface area contributed by atoms with E-state index in [4.69, 9.17) is 11.1 Å². The molecule has 0 radical (unpaired) electrons. The first-order chi connectivity index (χ1) is 6.68. The molecule has 3 N–H and O–H groups in total. The van der Waals surface area contributed by atoms with Gasteiger partial charge in [0.25, 0.3) is 0 Å². The molecule has 0 aliphatic carbocycles. The standard InChI is InChI=1S/C10H12N4/c1-7-8(6-9(11)12)14-5-3-2-4-10(14)13-7/h2-5H,6H2,1H3,(H3,11,12). The third-order valence-corrected chi connectivity index (χ3v) is 2.19. The van der Waals surface area contributed by atoms with Gasteiger partial charge in [-0.2, -0.15) is 0 Å². The molecule has 0 fully saturated rings. The molecule has 2 rings (SSSR count). The SMILES string of the molecule is Cc1nc2ccccn2c1CC(=N)N. The second-order valence-electron chi connectivity index (χ2n) is 3.27. The summed E-state index contributed by atoms with van der Waals surface area (Å²) in [6.07, 6.45) is 2.39. The van der Waals surface area contributed by atoms with Gasteiger partial charge in [-0.05, 0) is 19.1 Å². The van der Waals surface area contributed by atoms with Crippen LogP contribution in [0.2, 0.25) is 0 Å². The minimum atomic E-state index is 0.166. The lowest BCUT2D eigenvalue weighted by molar-refractivity contribution is 1.04. The third kappa shape index (κ3) is 1.35. The molecule has 2 aromatic heterocycles. The zero-order valence-corrected chi connectivity index (χ0v) is 7.99. The molecule has 0 bridgehead atoms. The molecule has 0 saturated heterocycles. The summed E-state index contributed by atoms with van der Waals surface area (Å²) in [6.45, 7) is 1.94. The number of nitrogens with two attached hydrogens (primary N) is 1. The van der Waals surface area contributed by atoms with Gasteiger partial charge in [-0.3, -0.25) is 5.41 Å². The van der Waals surface area contributed by atoms with E-state index >= 15 is 0 Å². The van der Waals surface area contributed by atoms with Gasteiger partial charge in [0.2, 0.25) is 0 Å². The highest BCUT2D eigenvalue weighted by Gasteiger charge is 2.08. The van der Waals surface area contributed by atoms with Crippen molar-refractivity contribution >= 4 is 11.5 Å². The van der Waals surface area contributed by atoms with Gasteiger partial charge >= 0.3 is 0 Å². The molecule has 0 atom stereocenters. The molecular formula is C10H12N4. The largest absolute Gasteiger partial charge is 0.387 e. The van der Waals surface area contributed by atoms with Crippen LogP contribution in [0.25, 0.3) is 5.65 Å². The molecule has 14 heavy (non-hydrogen) atoms. The molecule has 2 aromatic rings. The Hall–Kier alpha value is -1.84. The van der Waals surface area contributed by atoms with Crippen molar-refractivity contribution in [3.63, 3.8) is 0 Å². The Kier molecular flexibility index (Phi) is 1.96. The van der Waals surface area contributed by atoms with E-state index in [2.05, 4.69) is 4.98 Å². The van der Waals surface area contributed by atoms with Gasteiger partial charge in [0.1, 0.15) is 5.65 Å². The second kappa shape index (κ2) is 3.14. The highest BCUT2D eigenvalue weighted by atomic mass is 15.0. The number of hydrogen-bond donors (Lipinski definition) is 2. The van der Waals surface area contributed by atoms with Crippen LogP contribution in [0.1, 0.15) is 11.4 Å². The summed E-state index contributed by atoms with van der Waals surface area (Å²) >= 11 is 0. The normalized spacial score (nSPS) is 10.6. The summed E-state index contributed by atoms with van der Waals surface area (Å²) in [5.74, 6) is 0.166. The van der Waals surface area contributed by atoms with Crippen LogP contribution in [-0.2, 0) is 6.42 Å². The molecule has 0 spiro atoms. The van der Waals surface area contributed by atoms with Crippen LogP contribution in [0.5, 0.6) is 0 Å². The quantitative estimate of drug-likeness (QED) is 0.547.